The first-order valence-electron chi connectivity index (χ1n) is 19.0. The fourth-order valence-electron chi connectivity index (χ4n) is 7.07. The number of thiazole rings is 1. The molecule has 0 fully saturated rings. The average molecular weight is 865 g/mol. The quantitative estimate of drug-likeness (QED) is 0.125. The Labute approximate surface area is 359 Å². The molecule has 1 aromatic heterocycles. The number of amides is 1. The summed E-state index contributed by atoms with van der Waals surface area (Å²) in [4.78, 5) is 18.6. The van der Waals surface area contributed by atoms with E-state index in [9.17, 15) is 9.00 Å². The normalized spacial score (nSPS) is 16.4. The fraction of sp³-hybridized carbons (Fsp3) is 0.222. The Bertz CT molecular complexity index is 2560. The van der Waals surface area contributed by atoms with Gasteiger partial charge in [0, 0.05) is 20.1 Å². The molecule has 2 aliphatic rings. The summed E-state index contributed by atoms with van der Waals surface area (Å²) in [5, 5.41) is 16.9. The number of benzene rings is 5. The molecule has 14 heteroatoms. The Morgan fingerprint density at radius 2 is 1.66 bits per heavy atom. The van der Waals surface area contributed by atoms with Crippen LogP contribution in [0.5, 0.6) is 17.2 Å². The molecule has 59 heavy (non-hydrogen) atoms. The lowest BCUT2D eigenvalue weighted by molar-refractivity contribution is -0.125. The van der Waals surface area contributed by atoms with E-state index >= 15 is 0 Å². The maximum Gasteiger partial charge on any atom is 0.238 e. The minimum absolute atomic E-state index is 0.200. The SMILES string of the molecule is CNc1nc(C)c(S(=O)N2Cc3cc4c(cc3CC2C(=O)NCCc2ccc(-c3ccc(C#N)cc3)cc2)OCC(c2ccc(OCc3ccc(Cl)c(Cl)c3)cc2)O4)s1. The van der Waals surface area contributed by atoms with Crippen molar-refractivity contribution in [3.8, 4) is 34.4 Å². The zero-order valence-corrected chi connectivity index (χ0v) is 35.3. The first kappa shape index (κ1) is 40.4. The van der Waals surface area contributed by atoms with Crippen LogP contribution in [0.15, 0.2) is 107 Å². The number of anilines is 1. The Balaban J connectivity index is 0.954. The highest BCUT2D eigenvalue weighted by Crippen LogP contribution is 2.42. The topological polar surface area (TPSA) is 126 Å². The molecule has 0 spiro atoms. The van der Waals surface area contributed by atoms with Crippen LogP contribution in [-0.4, -0.2) is 45.6 Å². The predicted octanol–water partition coefficient (Wildman–Crippen LogP) is 9.24. The summed E-state index contributed by atoms with van der Waals surface area (Å²) in [6.07, 6.45) is 0.607. The minimum Gasteiger partial charge on any atom is -0.489 e. The van der Waals surface area contributed by atoms with E-state index in [1.807, 2.05) is 85.8 Å². The molecule has 2 N–H and O–H groups in total. The number of hydrogen-bond acceptors (Lipinski definition) is 9. The van der Waals surface area contributed by atoms with Crippen molar-refractivity contribution in [2.75, 3.05) is 25.5 Å². The molecular weight excluding hydrogens is 826 g/mol. The first-order valence-corrected chi connectivity index (χ1v) is 21.7. The molecule has 0 aliphatic carbocycles. The minimum atomic E-state index is -1.67. The van der Waals surface area contributed by atoms with E-state index in [0.717, 1.165) is 38.9 Å². The number of aryl methyl sites for hydroxylation is 1. The molecule has 0 saturated carbocycles. The highest BCUT2D eigenvalue weighted by atomic mass is 35.5. The zero-order valence-electron chi connectivity index (χ0n) is 32.2. The standard InChI is InChI=1S/C45H39Cl2N5O5S2/c1-27-44(58-45(49-2)51-27)59(54)52-24-35-22-41-40(56-26-42(57-41)33-12-14-36(15-13-33)55-25-30-7-16-37(46)38(47)19-30)21-34(35)20-39(52)43(53)50-18-17-28-3-8-31(9-4-28)32-10-5-29(23-48)6-11-32/h3-16,19,21-22,39,42H,17-18,20,24-26H2,1-2H3,(H,49,51)(H,50,53). The Morgan fingerprint density at radius 3 is 2.36 bits per heavy atom. The monoisotopic (exact) mass is 863 g/mol. The van der Waals surface area contributed by atoms with Gasteiger partial charge in [-0.3, -0.25) is 4.79 Å². The van der Waals surface area contributed by atoms with Crippen LogP contribution in [-0.2, 0) is 41.8 Å². The molecule has 8 rings (SSSR count). The Kier molecular flexibility index (Phi) is 12.2. The van der Waals surface area contributed by atoms with E-state index in [1.54, 1.807) is 35.6 Å². The van der Waals surface area contributed by atoms with Crippen molar-refractivity contribution in [2.45, 2.75) is 49.3 Å². The molecular formula is C45H39Cl2N5O5S2. The number of rotatable bonds is 12. The highest BCUT2D eigenvalue weighted by molar-refractivity contribution is 7.85. The van der Waals surface area contributed by atoms with Crippen LogP contribution in [0.4, 0.5) is 5.13 Å². The first-order chi connectivity index (χ1) is 28.6. The maximum absolute atomic E-state index is 14.4. The number of nitrogens with one attached hydrogen (secondary N) is 2. The van der Waals surface area contributed by atoms with Gasteiger partial charge in [-0.05, 0) is 107 Å². The lowest BCUT2D eigenvalue weighted by Crippen LogP contribution is -2.51. The van der Waals surface area contributed by atoms with E-state index in [2.05, 4.69) is 21.7 Å². The van der Waals surface area contributed by atoms with Gasteiger partial charge < -0.3 is 24.8 Å². The number of aromatic nitrogens is 1. The smallest absolute Gasteiger partial charge is 0.238 e. The number of ether oxygens (including phenoxy) is 3. The van der Waals surface area contributed by atoms with Crippen LogP contribution in [0.3, 0.4) is 0 Å². The average Bonchev–Trinajstić information content (AvgIpc) is 3.66. The molecule has 0 radical (unpaired) electrons. The largest absolute Gasteiger partial charge is 0.489 e. The van der Waals surface area contributed by atoms with Gasteiger partial charge in [0.25, 0.3) is 0 Å². The summed E-state index contributed by atoms with van der Waals surface area (Å²) in [5.74, 6) is 1.70. The van der Waals surface area contributed by atoms with E-state index in [4.69, 9.17) is 42.7 Å². The molecule has 300 valence electrons. The Hall–Kier alpha value is -5.42. The van der Waals surface area contributed by atoms with Crippen molar-refractivity contribution < 1.29 is 23.2 Å². The molecule has 0 bridgehead atoms. The molecule has 10 nitrogen and oxygen atoms in total. The van der Waals surface area contributed by atoms with Gasteiger partial charge in [-0.15, -0.1) is 0 Å². The van der Waals surface area contributed by atoms with Crippen LogP contribution in [0.25, 0.3) is 11.1 Å². The molecule has 6 aromatic rings. The van der Waals surface area contributed by atoms with Gasteiger partial charge in [-0.1, -0.05) is 89.1 Å². The third-order valence-corrected chi connectivity index (χ3v) is 14.1. The fourth-order valence-corrected chi connectivity index (χ4v) is 10.0. The highest BCUT2D eigenvalue weighted by Gasteiger charge is 2.38. The number of hydrogen-bond donors (Lipinski definition) is 2. The van der Waals surface area contributed by atoms with Crippen LogP contribution in [0, 0.1) is 18.3 Å². The molecule has 3 atom stereocenters. The molecule has 0 saturated heterocycles. The van der Waals surface area contributed by atoms with Gasteiger partial charge in [0.15, 0.2) is 22.7 Å². The van der Waals surface area contributed by atoms with Crippen molar-refractivity contribution in [3.63, 3.8) is 0 Å². The van der Waals surface area contributed by atoms with Gasteiger partial charge in [-0.25, -0.2) is 13.5 Å². The van der Waals surface area contributed by atoms with Crippen molar-refractivity contribution >= 4 is 56.6 Å². The summed E-state index contributed by atoms with van der Waals surface area (Å²) < 4.78 is 35.5. The summed E-state index contributed by atoms with van der Waals surface area (Å²) in [6.45, 7) is 3.16. The third-order valence-electron chi connectivity index (χ3n) is 10.3. The summed E-state index contributed by atoms with van der Waals surface area (Å²) in [5.41, 5.74) is 8.11. The predicted molar refractivity (Wildman–Crippen MR) is 232 cm³/mol. The second-order valence-electron chi connectivity index (χ2n) is 14.2. The van der Waals surface area contributed by atoms with E-state index < -0.39 is 17.0 Å². The van der Waals surface area contributed by atoms with Crippen molar-refractivity contribution in [2.24, 2.45) is 0 Å². The molecule has 3 heterocycles. The van der Waals surface area contributed by atoms with Crippen molar-refractivity contribution in [3.05, 3.63) is 152 Å². The van der Waals surface area contributed by atoms with Gasteiger partial charge >= 0.3 is 0 Å². The lowest BCUT2D eigenvalue weighted by Gasteiger charge is -2.36. The summed E-state index contributed by atoms with van der Waals surface area (Å²) in [7, 11) is 0.109. The van der Waals surface area contributed by atoms with E-state index in [0.29, 0.717) is 80.5 Å². The van der Waals surface area contributed by atoms with Gasteiger partial charge in [0.1, 0.15) is 40.2 Å². The van der Waals surface area contributed by atoms with Gasteiger partial charge in [0.2, 0.25) is 5.91 Å². The zero-order chi connectivity index (χ0) is 41.0. The van der Waals surface area contributed by atoms with E-state index in [1.165, 1.54) is 11.3 Å². The number of nitriles is 1. The number of halogens is 2. The lowest BCUT2D eigenvalue weighted by atomic mass is 9.94. The van der Waals surface area contributed by atoms with Crippen LogP contribution in [0.1, 0.15) is 45.2 Å². The number of carbonyl (C=O) groups is 1. The van der Waals surface area contributed by atoms with Crippen LogP contribution in [0.2, 0.25) is 10.0 Å². The maximum atomic E-state index is 14.4. The summed E-state index contributed by atoms with van der Waals surface area (Å²) in [6, 6.07) is 34.1. The number of nitrogens with zero attached hydrogens (tertiary/aromatic N) is 3. The van der Waals surface area contributed by atoms with Crippen LogP contribution >= 0.6 is 34.5 Å². The second-order valence-corrected chi connectivity index (χ2v) is 17.7. The third kappa shape index (κ3) is 9.10. The van der Waals surface area contributed by atoms with Crippen molar-refractivity contribution in [1.29, 1.82) is 5.26 Å². The molecule has 5 aromatic carbocycles. The molecule has 3 unspecified atom stereocenters. The Morgan fingerprint density at radius 1 is 0.949 bits per heavy atom. The second kappa shape index (κ2) is 17.8. The summed E-state index contributed by atoms with van der Waals surface area (Å²) >= 11 is 13.5. The number of fused-ring (bicyclic) bond motifs is 2. The van der Waals surface area contributed by atoms with Gasteiger partial charge in [-0.2, -0.15) is 5.26 Å². The van der Waals surface area contributed by atoms with E-state index in [-0.39, 0.29) is 18.6 Å². The number of carbonyl (C=O) groups excluding carboxylic acids is 1. The van der Waals surface area contributed by atoms with Gasteiger partial charge in [0.05, 0.1) is 27.4 Å². The molecule has 2 aliphatic heterocycles. The van der Waals surface area contributed by atoms with Crippen LogP contribution < -0.4 is 24.8 Å². The molecule has 1 amide bonds. The van der Waals surface area contributed by atoms with Crippen molar-refractivity contribution in [1.82, 2.24) is 14.6 Å².